The molecule has 94 valence electrons. The monoisotopic (exact) mass is 242 g/mol. The van der Waals surface area contributed by atoms with Crippen molar-refractivity contribution < 1.29 is 0 Å². The summed E-state index contributed by atoms with van der Waals surface area (Å²) >= 11 is 0. The van der Waals surface area contributed by atoms with Crippen molar-refractivity contribution in [3.05, 3.63) is 47.4 Å². The van der Waals surface area contributed by atoms with Crippen molar-refractivity contribution >= 4 is 11.5 Å². The summed E-state index contributed by atoms with van der Waals surface area (Å²) in [5.41, 5.74) is 9.83. The Balaban J connectivity index is 2.41. The number of nitrogens with two attached hydrogens (primary N) is 1. The van der Waals surface area contributed by atoms with E-state index in [0.717, 1.165) is 28.5 Å². The molecule has 4 nitrogen and oxygen atoms in total. The predicted molar refractivity (Wildman–Crippen MR) is 73.9 cm³/mol. The van der Waals surface area contributed by atoms with Gasteiger partial charge in [-0.1, -0.05) is 18.2 Å². The highest BCUT2D eigenvalue weighted by atomic mass is 15.2. The number of benzene rings is 1. The zero-order chi connectivity index (χ0) is 13.1. The quantitative estimate of drug-likeness (QED) is 0.897. The molecule has 0 radical (unpaired) electrons. The molecule has 0 spiro atoms. The molecule has 0 bridgehead atoms. The first-order valence-electron chi connectivity index (χ1n) is 5.95. The largest absolute Gasteiger partial charge is 0.328 e. The van der Waals surface area contributed by atoms with Crippen LogP contribution in [0.1, 0.15) is 17.0 Å². The van der Waals surface area contributed by atoms with Gasteiger partial charge in [0.25, 0.3) is 0 Å². The molecule has 2 rings (SSSR count). The molecule has 1 aromatic carbocycles. The molecule has 0 aliphatic rings. The summed E-state index contributed by atoms with van der Waals surface area (Å²) in [6.45, 7) is 4.44. The van der Waals surface area contributed by atoms with Crippen molar-refractivity contribution in [1.82, 2.24) is 9.97 Å². The second-order valence-corrected chi connectivity index (χ2v) is 4.29. The normalized spacial score (nSPS) is 10.4. The van der Waals surface area contributed by atoms with Crippen LogP contribution in [-0.2, 0) is 6.54 Å². The van der Waals surface area contributed by atoms with E-state index in [1.165, 1.54) is 0 Å². The predicted octanol–water partition coefficient (Wildman–Crippen LogP) is 2.32. The minimum Gasteiger partial charge on any atom is -0.328 e. The summed E-state index contributed by atoms with van der Waals surface area (Å²) in [5.74, 6) is 0.832. The van der Waals surface area contributed by atoms with Gasteiger partial charge in [-0.3, -0.25) is 4.98 Å². The maximum Gasteiger partial charge on any atom is 0.151 e. The smallest absolute Gasteiger partial charge is 0.151 e. The van der Waals surface area contributed by atoms with Crippen LogP contribution in [0, 0.1) is 13.8 Å². The summed E-state index contributed by atoms with van der Waals surface area (Å²) in [7, 11) is 1.98. The van der Waals surface area contributed by atoms with E-state index in [2.05, 4.69) is 9.97 Å². The van der Waals surface area contributed by atoms with Gasteiger partial charge in [-0.15, -0.1) is 0 Å². The lowest BCUT2D eigenvalue weighted by Crippen LogP contribution is -2.15. The second kappa shape index (κ2) is 5.14. The fourth-order valence-electron chi connectivity index (χ4n) is 1.83. The van der Waals surface area contributed by atoms with Crippen LogP contribution in [0.4, 0.5) is 11.5 Å². The molecule has 0 aliphatic carbocycles. The molecule has 0 fully saturated rings. The number of nitrogens with zero attached hydrogens (tertiary/aromatic N) is 3. The molecular formula is C14H18N4. The van der Waals surface area contributed by atoms with Crippen molar-refractivity contribution in [3.8, 4) is 0 Å². The topological polar surface area (TPSA) is 55.0 Å². The van der Waals surface area contributed by atoms with Gasteiger partial charge < -0.3 is 10.6 Å². The van der Waals surface area contributed by atoms with Gasteiger partial charge in [0, 0.05) is 19.3 Å². The van der Waals surface area contributed by atoms with Gasteiger partial charge in [0.2, 0.25) is 0 Å². The summed E-state index contributed by atoms with van der Waals surface area (Å²) in [6.07, 6.45) is 1.79. The first kappa shape index (κ1) is 12.5. The summed E-state index contributed by atoms with van der Waals surface area (Å²) in [6, 6.07) is 8.06. The molecular weight excluding hydrogens is 224 g/mol. The highest BCUT2D eigenvalue weighted by Crippen LogP contribution is 2.25. The Bertz CT molecular complexity index is 551. The van der Waals surface area contributed by atoms with Crippen molar-refractivity contribution in [2.45, 2.75) is 20.4 Å². The Morgan fingerprint density at radius 2 is 1.89 bits per heavy atom. The lowest BCUT2D eigenvalue weighted by molar-refractivity contribution is 0.988. The molecule has 2 N–H and O–H groups in total. The van der Waals surface area contributed by atoms with E-state index >= 15 is 0 Å². The number of rotatable bonds is 3. The van der Waals surface area contributed by atoms with E-state index in [1.54, 1.807) is 6.20 Å². The number of aryl methyl sites for hydroxylation is 2. The van der Waals surface area contributed by atoms with Gasteiger partial charge >= 0.3 is 0 Å². The standard InChI is InChI=1S/C14H18N4/c1-10-11(2)17-14(9-16-10)18(3)13-7-5-4-6-12(13)8-15/h4-7,9H,8,15H2,1-3H3. The maximum atomic E-state index is 5.76. The Labute approximate surface area is 107 Å². The van der Waals surface area contributed by atoms with Crippen LogP contribution in [0.15, 0.2) is 30.5 Å². The third-order valence-corrected chi connectivity index (χ3v) is 3.10. The number of hydrogen-bond donors (Lipinski definition) is 1. The fraction of sp³-hybridized carbons (Fsp3) is 0.286. The van der Waals surface area contributed by atoms with Crippen LogP contribution < -0.4 is 10.6 Å². The Hall–Kier alpha value is -1.94. The Morgan fingerprint density at radius 1 is 1.17 bits per heavy atom. The third kappa shape index (κ3) is 2.33. The average Bonchev–Trinajstić information content (AvgIpc) is 2.41. The van der Waals surface area contributed by atoms with Crippen molar-refractivity contribution in [1.29, 1.82) is 0 Å². The first-order valence-corrected chi connectivity index (χ1v) is 5.95. The van der Waals surface area contributed by atoms with Gasteiger partial charge in [0.1, 0.15) is 0 Å². The minimum atomic E-state index is 0.513. The highest BCUT2D eigenvalue weighted by Gasteiger charge is 2.10. The van der Waals surface area contributed by atoms with Crippen LogP contribution in [0.25, 0.3) is 0 Å². The van der Waals surface area contributed by atoms with E-state index < -0.39 is 0 Å². The third-order valence-electron chi connectivity index (χ3n) is 3.10. The second-order valence-electron chi connectivity index (χ2n) is 4.29. The molecule has 0 saturated carbocycles. The van der Waals surface area contributed by atoms with Crippen molar-refractivity contribution in [3.63, 3.8) is 0 Å². The number of aromatic nitrogens is 2. The van der Waals surface area contributed by atoms with Gasteiger partial charge in [0.05, 0.1) is 17.6 Å². The SMILES string of the molecule is Cc1ncc(N(C)c2ccccc2CN)nc1C. The molecule has 0 aliphatic heterocycles. The summed E-state index contributed by atoms with van der Waals surface area (Å²) < 4.78 is 0. The van der Waals surface area contributed by atoms with Crippen LogP contribution in [-0.4, -0.2) is 17.0 Å². The summed E-state index contributed by atoms with van der Waals surface area (Å²) in [4.78, 5) is 10.9. The van der Waals surface area contributed by atoms with Gasteiger partial charge in [-0.25, -0.2) is 4.98 Å². The zero-order valence-electron chi connectivity index (χ0n) is 11.0. The highest BCUT2D eigenvalue weighted by molar-refractivity contribution is 5.62. The van der Waals surface area contributed by atoms with E-state index in [0.29, 0.717) is 6.54 Å². The van der Waals surface area contributed by atoms with Gasteiger partial charge in [-0.05, 0) is 25.5 Å². The van der Waals surface area contributed by atoms with Gasteiger partial charge in [0.15, 0.2) is 5.82 Å². The van der Waals surface area contributed by atoms with Gasteiger partial charge in [-0.2, -0.15) is 0 Å². The minimum absolute atomic E-state index is 0.513. The molecule has 2 aromatic rings. The van der Waals surface area contributed by atoms with Crippen LogP contribution in [0.2, 0.25) is 0 Å². The van der Waals surface area contributed by atoms with Crippen molar-refractivity contribution in [2.75, 3.05) is 11.9 Å². The van der Waals surface area contributed by atoms with E-state index in [1.807, 2.05) is 50.1 Å². The zero-order valence-corrected chi connectivity index (χ0v) is 11.0. The molecule has 4 heteroatoms. The molecule has 0 atom stereocenters. The molecule has 18 heavy (non-hydrogen) atoms. The number of anilines is 2. The van der Waals surface area contributed by atoms with Crippen molar-refractivity contribution in [2.24, 2.45) is 5.73 Å². The molecule has 0 amide bonds. The molecule has 1 heterocycles. The Morgan fingerprint density at radius 3 is 2.56 bits per heavy atom. The van der Waals surface area contributed by atoms with E-state index in [4.69, 9.17) is 5.73 Å². The van der Waals surface area contributed by atoms with E-state index in [9.17, 15) is 0 Å². The summed E-state index contributed by atoms with van der Waals surface area (Å²) in [5, 5.41) is 0. The van der Waals surface area contributed by atoms with Crippen LogP contribution in [0.5, 0.6) is 0 Å². The first-order chi connectivity index (χ1) is 8.63. The van der Waals surface area contributed by atoms with Crippen LogP contribution in [0.3, 0.4) is 0 Å². The number of hydrogen-bond acceptors (Lipinski definition) is 4. The van der Waals surface area contributed by atoms with Crippen LogP contribution >= 0.6 is 0 Å². The molecule has 0 unspecified atom stereocenters. The molecule has 1 aromatic heterocycles. The lowest BCUT2D eigenvalue weighted by atomic mass is 10.1. The Kier molecular flexibility index (Phi) is 3.58. The fourth-order valence-corrected chi connectivity index (χ4v) is 1.83. The lowest BCUT2D eigenvalue weighted by Gasteiger charge is -2.21. The van der Waals surface area contributed by atoms with E-state index in [-0.39, 0.29) is 0 Å². The average molecular weight is 242 g/mol. The molecule has 0 saturated heterocycles. The maximum absolute atomic E-state index is 5.76. The number of para-hydroxylation sites is 1.